The van der Waals surface area contributed by atoms with Gasteiger partial charge in [-0.05, 0) is 54.2 Å². The van der Waals surface area contributed by atoms with Crippen LogP contribution in [0.3, 0.4) is 0 Å². The van der Waals surface area contributed by atoms with Gasteiger partial charge in [0.15, 0.2) is 18.2 Å². The number of allylic oxidation sites excluding steroid dienone is 1. The monoisotopic (exact) mass is 440 g/mol. The number of hydrogen-bond acceptors (Lipinski definition) is 3. The molecular weight excluding hydrogens is 415 g/mol. The van der Waals surface area contributed by atoms with Gasteiger partial charge in [-0.2, -0.15) is 5.10 Å². The molecule has 0 aromatic heterocycles. The van der Waals surface area contributed by atoms with Gasteiger partial charge in [0.05, 0.1) is 11.8 Å². The Balaban J connectivity index is 1.46. The topological polar surface area (TPSA) is 41.9 Å². The zero-order valence-electron chi connectivity index (χ0n) is 18.2. The molecule has 1 aliphatic heterocycles. The zero-order valence-corrected chi connectivity index (χ0v) is 18.2. The lowest BCUT2D eigenvalue weighted by atomic mass is 9.77. The first-order chi connectivity index (χ1) is 16.2. The van der Waals surface area contributed by atoms with Crippen LogP contribution in [0.4, 0.5) is 4.39 Å². The molecule has 1 heterocycles. The fourth-order valence-electron chi connectivity index (χ4n) is 4.71. The number of para-hydroxylation sites is 1. The number of ether oxygens (including phenoxy) is 1. The Bertz CT molecular complexity index is 1190. The van der Waals surface area contributed by atoms with Crippen LogP contribution in [0, 0.1) is 11.7 Å². The molecule has 0 radical (unpaired) electrons. The van der Waals surface area contributed by atoms with Gasteiger partial charge in [0.25, 0.3) is 5.91 Å². The lowest BCUT2D eigenvalue weighted by Crippen LogP contribution is -2.34. The number of rotatable bonds is 5. The first-order valence-electron chi connectivity index (χ1n) is 11.3. The Morgan fingerprint density at radius 2 is 1.70 bits per heavy atom. The number of benzene rings is 3. The Morgan fingerprint density at radius 3 is 2.45 bits per heavy atom. The molecule has 3 aromatic rings. The van der Waals surface area contributed by atoms with Crippen molar-refractivity contribution in [1.82, 2.24) is 5.01 Å². The summed E-state index contributed by atoms with van der Waals surface area (Å²) in [7, 11) is 0. The van der Waals surface area contributed by atoms with Crippen molar-refractivity contribution in [2.45, 2.75) is 25.3 Å². The second kappa shape index (κ2) is 9.41. The Morgan fingerprint density at radius 1 is 1.00 bits per heavy atom. The van der Waals surface area contributed by atoms with Crippen LogP contribution < -0.4 is 4.74 Å². The molecule has 1 fully saturated rings. The quantitative estimate of drug-likeness (QED) is 0.486. The highest BCUT2D eigenvalue weighted by atomic mass is 19.1. The van der Waals surface area contributed by atoms with Gasteiger partial charge in [0.1, 0.15) is 0 Å². The van der Waals surface area contributed by atoms with E-state index in [1.807, 2.05) is 48.5 Å². The van der Waals surface area contributed by atoms with Crippen LogP contribution in [-0.4, -0.2) is 23.2 Å². The predicted octanol–water partition coefficient (Wildman–Crippen LogP) is 6.03. The third-order valence-electron chi connectivity index (χ3n) is 6.23. The number of nitrogens with zero attached hydrogens (tertiary/aromatic N) is 2. The van der Waals surface area contributed by atoms with Crippen molar-refractivity contribution in [3.05, 3.63) is 107 Å². The Kier molecular flexibility index (Phi) is 6.03. The number of halogens is 1. The number of carbonyl (C=O) groups excluding carboxylic acids is 1. The van der Waals surface area contributed by atoms with Crippen molar-refractivity contribution in [1.29, 1.82) is 0 Å². The third kappa shape index (κ3) is 4.44. The summed E-state index contributed by atoms with van der Waals surface area (Å²) in [6, 6.07) is 26.1. The molecule has 2 aliphatic rings. The zero-order chi connectivity index (χ0) is 22.6. The number of fused-ring (bicyclic) bond motifs is 1. The molecule has 2 atom stereocenters. The largest absolute Gasteiger partial charge is 0.481 e. The number of hydrogen-bond donors (Lipinski definition) is 0. The average Bonchev–Trinajstić information content (AvgIpc) is 3.25. The van der Waals surface area contributed by atoms with Gasteiger partial charge in [-0.15, -0.1) is 0 Å². The molecule has 33 heavy (non-hydrogen) atoms. The first kappa shape index (κ1) is 21.1. The van der Waals surface area contributed by atoms with Crippen molar-refractivity contribution in [2.75, 3.05) is 6.61 Å². The summed E-state index contributed by atoms with van der Waals surface area (Å²) in [5, 5.41) is 6.39. The SMILES string of the molecule is O=C(COc1ccccc1F)N1N=C2/C(=C\c3ccccc3)CCC[C@@H]2[C@@H]1c1ccccc1. The molecule has 5 heteroatoms. The van der Waals surface area contributed by atoms with E-state index in [9.17, 15) is 9.18 Å². The van der Waals surface area contributed by atoms with Crippen molar-refractivity contribution in [3.63, 3.8) is 0 Å². The molecule has 0 saturated heterocycles. The summed E-state index contributed by atoms with van der Waals surface area (Å²) in [5.41, 5.74) is 4.31. The maximum absolute atomic E-state index is 14.0. The van der Waals surface area contributed by atoms with E-state index in [2.05, 4.69) is 18.2 Å². The van der Waals surface area contributed by atoms with E-state index in [1.165, 1.54) is 17.7 Å². The van der Waals surface area contributed by atoms with Crippen LogP contribution in [0.2, 0.25) is 0 Å². The highest BCUT2D eigenvalue weighted by Gasteiger charge is 2.43. The number of amides is 1. The van der Waals surface area contributed by atoms with E-state index in [0.29, 0.717) is 0 Å². The van der Waals surface area contributed by atoms with Gasteiger partial charge in [-0.1, -0.05) is 72.8 Å². The predicted molar refractivity (Wildman–Crippen MR) is 127 cm³/mol. The molecule has 1 aliphatic carbocycles. The molecule has 3 aromatic carbocycles. The maximum Gasteiger partial charge on any atom is 0.281 e. The maximum atomic E-state index is 14.0. The number of hydrazone groups is 1. The molecule has 1 saturated carbocycles. The summed E-state index contributed by atoms with van der Waals surface area (Å²) in [6.45, 7) is -0.272. The van der Waals surface area contributed by atoms with Crippen molar-refractivity contribution in [2.24, 2.45) is 11.0 Å². The van der Waals surface area contributed by atoms with E-state index in [-0.39, 0.29) is 30.2 Å². The third-order valence-corrected chi connectivity index (χ3v) is 6.23. The molecule has 0 N–H and O–H groups in total. The minimum absolute atomic E-state index is 0.0658. The minimum Gasteiger partial charge on any atom is -0.481 e. The highest BCUT2D eigenvalue weighted by Crippen LogP contribution is 2.44. The Hall–Kier alpha value is -3.73. The lowest BCUT2D eigenvalue weighted by Gasteiger charge is -2.29. The molecular formula is C28H25FN2O2. The van der Waals surface area contributed by atoms with Gasteiger partial charge in [0, 0.05) is 5.92 Å². The van der Waals surface area contributed by atoms with Gasteiger partial charge in [0.2, 0.25) is 0 Å². The Labute approximate surface area is 193 Å². The van der Waals surface area contributed by atoms with Crippen LogP contribution in [0.15, 0.2) is 95.6 Å². The molecule has 0 unspecified atom stereocenters. The fraction of sp³-hybridized carbons (Fsp3) is 0.214. The van der Waals surface area contributed by atoms with Crippen molar-refractivity contribution in [3.8, 4) is 5.75 Å². The van der Waals surface area contributed by atoms with E-state index in [1.54, 1.807) is 17.1 Å². The second-order valence-electron chi connectivity index (χ2n) is 8.38. The average molecular weight is 441 g/mol. The smallest absolute Gasteiger partial charge is 0.281 e. The standard InChI is InChI=1S/C28H25FN2O2/c29-24-16-7-8-17-25(24)33-19-26(32)31-28(21-12-5-2-6-13-21)23-15-9-14-22(27(23)30-31)18-20-10-3-1-4-11-20/h1-8,10-13,16-18,23,28H,9,14-15,19H2/b22-18-/t23-,28-/m0/s1. The van der Waals surface area contributed by atoms with Gasteiger partial charge in [-0.25, -0.2) is 9.40 Å². The molecule has 5 rings (SSSR count). The molecule has 166 valence electrons. The van der Waals surface area contributed by atoms with E-state index in [0.717, 1.165) is 36.1 Å². The summed E-state index contributed by atoms with van der Waals surface area (Å²) >= 11 is 0. The highest BCUT2D eigenvalue weighted by molar-refractivity contribution is 6.08. The van der Waals surface area contributed by atoms with Crippen LogP contribution in [0.25, 0.3) is 6.08 Å². The van der Waals surface area contributed by atoms with Crippen LogP contribution in [-0.2, 0) is 4.79 Å². The van der Waals surface area contributed by atoms with E-state index in [4.69, 9.17) is 9.84 Å². The first-order valence-corrected chi connectivity index (χ1v) is 11.3. The van der Waals surface area contributed by atoms with Gasteiger partial charge < -0.3 is 4.74 Å². The van der Waals surface area contributed by atoms with Crippen LogP contribution in [0.1, 0.15) is 36.4 Å². The summed E-state index contributed by atoms with van der Waals surface area (Å²) < 4.78 is 19.5. The fourth-order valence-corrected chi connectivity index (χ4v) is 4.71. The summed E-state index contributed by atoms with van der Waals surface area (Å²) in [6.07, 6.45) is 5.11. The van der Waals surface area contributed by atoms with Crippen LogP contribution in [0.5, 0.6) is 5.75 Å². The van der Waals surface area contributed by atoms with E-state index < -0.39 is 5.82 Å². The molecule has 4 nitrogen and oxygen atoms in total. The molecule has 0 bridgehead atoms. The molecule has 0 spiro atoms. The van der Waals surface area contributed by atoms with E-state index >= 15 is 0 Å². The summed E-state index contributed by atoms with van der Waals surface area (Å²) in [5.74, 6) is -0.586. The van der Waals surface area contributed by atoms with Gasteiger partial charge in [-0.3, -0.25) is 4.79 Å². The van der Waals surface area contributed by atoms with Gasteiger partial charge >= 0.3 is 0 Å². The van der Waals surface area contributed by atoms with Crippen molar-refractivity contribution >= 4 is 17.7 Å². The molecule has 1 amide bonds. The van der Waals surface area contributed by atoms with Crippen LogP contribution >= 0.6 is 0 Å². The van der Waals surface area contributed by atoms with Crippen molar-refractivity contribution < 1.29 is 13.9 Å². The normalized spacial score (nSPS) is 20.9. The lowest BCUT2D eigenvalue weighted by molar-refractivity contribution is -0.135. The summed E-state index contributed by atoms with van der Waals surface area (Å²) in [4.78, 5) is 13.3. The number of carbonyl (C=O) groups is 1. The second-order valence-corrected chi connectivity index (χ2v) is 8.38. The minimum atomic E-state index is -0.487.